The van der Waals surface area contributed by atoms with Crippen molar-refractivity contribution in [2.45, 2.75) is 44.6 Å². The van der Waals surface area contributed by atoms with Crippen LogP contribution in [-0.4, -0.2) is 33.0 Å². The molecule has 2 rings (SSSR count). The van der Waals surface area contributed by atoms with Crippen LogP contribution in [0.15, 0.2) is 53.4 Å². The molecule has 0 aliphatic carbocycles. The van der Waals surface area contributed by atoms with Crippen molar-refractivity contribution in [1.82, 2.24) is 10.0 Å². The van der Waals surface area contributed by atoms with Gasteiger partial charge in [-0.15, -0.1) is 0 Å². The van der Waals surface area contributed by atoms with Crippen LogP contribution in [0.1, 0.15) is 43.1 Å². The van der Waals surface area contributed by atoms with Crippen LogP contribution in [0, 0.1) is 6.92 Å². The Labute approximate surface area is 167 Å². The van der Waals surface area contributed by atoms with Crippen LogP contribution >= 0.6 is 0 Å². The summed E-state index contributed by atoms with van der Waals surface area (Å²) in [5.74, 6) is -0.273. The molecule has 6 nitrogen and oxygen atoms in total. The Kier molecular flexibility index (Phi) is 7.21. The van der Waals surface area contributed by atoms with E-state index in [1.165, 1.54) is 12.1 Å². The van der Waals surface area contributed by atoms with Gasteiger partial charge in [0.05, 0.1) is 4.90 Å². The minimum atomic E-state index is -3.69. The van der Waals surface area contributed by atoms with Crippen molar-refractivity contribution in [3.8, 4) is 0 Å². The van der Waals surface area contributed by atoms with E-state index >= 15 is 0 Å². The van der Waals surface area contributed by atoms with Crippen LogP contribution in [0.5, 0.6) is 0 Å². The molecule has 0 atom stereocenters. The van der Waals surface area contributed by atoms with Crippen LogP contribution in [0.3, 0.4) is 0 Å². The van der Waals surface area contributed by atoms with Gasteiger partial charge in [-0.1, -0.05) is 24.3 Å². The number of benzene rings is 2. The van der Waals surface area contributed by atoms with E-state index in [1.807, 2.05) is 30.3 Å². The Bertz CT molecular complexity index is 904. The maximum Gasteiger partial charge on any atom is 0.251 e. The number of hydrogen-bond acceptors (Lipinski definition) is 4. The van der Waals surface area contributed by atoms with Crippen molar-refractivity contribution in [2.24, 2.45) is 0 Å². The number of anilines is 1. The zero-order valence-electron chi connectivity index (χ0n) is 16.9. The molecule has 1 amide bonds. The van der Waals surface area contributed by atoms with Crippen molar-refractivity contribution in [3.05, 3.63) is 59.7 Å². The fraction of sp³-hybridized carbons (Fsp3) is 0.381. The average molecular weight is 404 g/mol. The summed E-state index contributed by atoms with van der Waals surface area (Å²) in [6.07, 6.45) is 0.753. The number of carbonyl (C=O) groups is 1. The molecular formula is C21H29N3O3S. The summed E-state index contributed by atoms with van der Waals surface area (Å²) in [6.45, 7) is 8.34. The van der Waals surface area contributed by atoms with E-state index < -0.39 is 15.6 Å². The summed E-state index contributed by atoms with van der Waals surface area (Å²) in [4.78, 5) is 12.6. The largest absolute Gasteiger partial charge is 0.385 e. The number of nitrogens with one attached hydrogen (secondary N) is 3. The zero-order chi connectivity index (χ0) is 20.8. The fourth-order valence-electron chi connectivity index (χ4n) is 2.65. The molecule has 0 aliphatic rings. The van der Waals surface area contributed by atoms with Crippen LogP contribution in [0.4, 0.5) is 5.69 Å². The molecule has 0 spiro atoms. The second kappa shape index (κ2) is 9.21. The predicted molar refractivity (Wildman–Crippen MR) is 113 cm³/mol. The van der Waals surface area contributed by atoms with Crippen LogP contribution in [-0.2, 0) is 10.0 Å². The Morgan fingerprint density at radius 3 is 2.32 bits per heavy atom. The highest BCUT2D eigenvalue weighted by atomic mass is 32.2. The van der Waals surface area contributed by atoms with Crippen LogP contribution < -0.4 is 15.4 Å². The molecule has 2 aromatic rings. The maximum atomic E-state index is 12.5. The normalized spacial score (nSPS) is 11.9. The van der Waals surface area contributed by atoms with Gasteiger partial charge in [-0.25, -0.2) is 13.1 Å². The molecule has 28 heavy (non-hydrogen) atoms. The van der Waals surface area contributed by atoms with E-state index in [1.54, 1.807) is 33.8 Å². The molecule has 0 unspecified atom stereocenters. The number of aryl methyl sites for hydroxylation is 1. The van der Waals surface area contributed by atoms with Gasteiger partial charge in [-0.05, 0) is 63.9 Å². The van der Waals surface area contributed by atoms with Gasteiger partial charge >= 0.3 is 0 Å². The molecule has 152 valence electrons. The number of sulfonamides is 1. The third kappa shape index (κ3) is 6.65. The molecule has 0 bridgehead atoms. The van der Waals surface area contributed by atoms with Gasteiger partial charge in [-0.2, -0.15) is 0 Å². The van der Waals surface area contributed by atoms with E-state index in [0.717, 1.165) is 24.2 Å². The summed E-state index contributed by atoms with van der Waals surface area (Å²) in [7, 11) is -3.69. The van der Waals surface area contributed by atoms with Crippen molar-refractivity contribution in [1.29, 1.82) is 0 Å². The third-order valence-corrected chi connectivity index (χ3v) is 5.70. The smallest absolute Gasteiger partial charge is 0.251 e. The van der Waals surface area contributed by atoms with Crippen molar-refractivity contribution in [2.75, 3.05) is 18.4 Å². The van der Waals surface area contributed by atoms with Crippen LogP contribution in [0.2, 0.25) is 0 Å². The highest BCUT2D eigenvalue weighted by molar-refractivity contribution is 7.89. The molecular weight excluding hydrogens is 374 g/mol. The minimum absolute atomic E-state index is 0.0870. The summed E-state index contributed by atoms with van der Waals surface area (Å²) in [5.41, 5.74) is 1.54. The standard InChI is InChI=1S/C21H29N3O3S/c1-16-11-12-18(28(26,27)24-21(2,3)4)15-19(16)20(25)23-14-8-13-22-17-9-6-5-7-10-17/h5-7,9-12,15,22,24H,8,13-14H2,1-4H3,(H,23,25). The first-order chi connectivity index (χ1) is 13.1. The lowest BCUT2D eigenvalue weighted by Gasteiger charge is -2.20. The predicted octanol–water partition coefficient (Wildman–Crippen LogP) is 3.30. The van der Waals surface area contributed by atoms with E-state index in [2.05, 4.69) is 15.4 Å². The highest BCUT2D eigenvalue weighted by Gasteiger charge is 2.23. The van der Waals surface area contributed by atoms with Gasteiger partial charge in [0, 0.05) is 29.9 Å². The average Bonchev–Trinajstić information content (AvgIpc) is 2.60. The first-order valence-corrected chi connectivity index (χ1v) is 10.8. The van der Waals surface area contributed by atoms with Gasteiger partial charge in [-0.3, -0.25) is 4.79 Å². The second-order valence-corrected chi connectivity index (χ2v) is 9.42. The molecule has 0 saturated heterocycles. The quantitative estimate of drug-likeness (QED) is 0.590. The second-order valence-electron chi connectivity index (χ2n) is 7.73. The SMILES string of the molecule is Cc1ccc(S(=O)(=O)NC(C)(C)C)cc1C(=O)NCCCNc1ccccc1. The Hall–Kier alpha value is -2.38. The first kappa shape index (κ1) is 21.9. The number of para-hydroxylation sites is 1. The highest BCUT2D eigenvalue weighted by Crippen LogP contribution is 2.17. The number of carbonyl (C=O) groups excluding carboxylic acids is 1. The fourth-order valence-corrected chi connectivity index (χ4v) is 4.09. The van der Waals surface area contributed by atoms with E-state index in [-0.39, 0.29) is 10.8 Å². The zero-order valence-corrected chi connectivity index (χ0v) is 17.7. The van der Waals surface area contributed by atoms with E-state index in [0.29, 0.717) is 12.1 Å². The molecule has 3 N–H and O–H groups in total. The summed E-state index contributed by atoms with van der Waals surface area (Å²) < 4.78 is 27.6. The maximum absolute atomic E-state index is 12.5. The van der Waals surface area contributed by atoms with Gasteiger partial charge in [0.15, 0.2) is 0 Å². The van der Waals surface area contributed by atoms with Crippen molar-refractivity contribution >= 4 is 21.6 Å². The van der Waals surface area contributed by atoms with Crippen molar-refractivity contribution in [3.63, 3.8) is 0 Å². The summed E-state index contributed by atoms with van der Waals surface area (Å²) >= 11 is 0. The minimum Gasteiger partial charge on any atom is -0.385 e. The van der Waals surface area contributed by atoms with Crippen molar-refractivity contribution < 1.29 is 13.2 Å². The molecule has 0 radical (unpaired) electrons. The monoisotopic (exact) mass is 403 g/mol. The van der Waals surface area contributed by atoms with Crippen LogP contribution in [0.25, 0.3) is 0 Å². The molecule has 0 aromatic heterocycles. The lowest BCUT2D eigenvalue weighted by molar-refractivity contribution is 0.0952. The summed E-state index contributed by atoms with van der Waals surface area (Å²) in [6, 6.07) is 14.5. The number of amides is 1. The Morgan fingerprint density at radius 1 is 1.00 bits per heavy atom. The molecule has 0 aliphatic heterocycles. The Balaban J connectivity index is 1.95. The topological polar surface area (TPSA) is 87.3 Å². The van der Waals surface area contributed by atoms with E-state index in [4.69, 9.17) is 0 Å². The lowest BCUT2D eigenvalue weighted by Crippen LogP contribution is -2.40. The van der Waals surface area contributed by atoms with Gasteiger partial charge in [0.1, 0.15) is 0 Å². The molecule has 0 heterocycles. The summed E-state index contributed by atoms with van der Waals surface area (Å²) in [5, 5.41) is 6.14. The van der Waals surface area contributed by atoms with Gasteiger partial charge in [0.25, 0.3) is 5.91 Å². The number of rotatable bonds is 8. The molecule has 2 aromatic carbocycles. The Morgan fingerprint density at radius 2 is 1.68 bits per heavy atom. The van der Waals surface area contributed by atoms with Gasteiger partial charge < -0.3 is 10.6 Å². The molecule has 7 heteroatoms. The number of hydrogen-bond donors (Lipinski definition) is 3. The third-order valence-electron chi connectivity index (χ3n) is 3.95. The molecule has 0 saturated carbocycles. The van der Waals surface area contributed by atoms with E-state index in [9.17, 15) is 13.2 Å². The lowest BCUT2D eigenvalue weighted by atomic mass is 10.1. The molecule has 0 fully saturated rings. The first-order valence-electron chi connectivity index (χ1n) is 9.30. The van der Waals surface area contributed by atoms with Gasteiger partial charge in [0.2, 0.25) is 10.0 Å².